The van der Waals surface area contributed by atoms with E-state index in [2.05, 4.69) is 145 Å². The SMILES string of the molecule is C1=CCC(CCc2cccc(N3Sc4ccccc4-c4ccc(cc4)-c4ccccc43)c2)=C1.CC.CC1=CC=CCC1. The van der Waals surface area contributed by atoms with Gasteiger partial charge in [-0.25, -0.2) is 0 Å². The predicted octanol–water partition coefficient (Wildman–Crippen LogP) is 12.3. The van der Waals surface area contributed by atoms with Crippen molar-refractivity contribution in [1.82, 2.24) is 0 Å². The van der Waals surface area contributed by atoms with Crippen molar-refractivity contribution in [3.05, 3.63) is 150 Å². The van der Waals surface area contributed by atoms with Crippen LogP contribution in [-0.4, -0.2) is 0 Å². The number of benzene rings is 4. The van der Waals surface area contributed by atoms with E-state index in [9.17, 15) is 0 Å². The van der Waals surface area contributed by atoms with Gasteiger partial charge in [0.2, 0.25) is 0 Å². The normalized spacial score (nSPS) is 14.4. The molecule has 2 aliphatic carbocycles. The molecule has 0 saturated carbocycles. The summed E-state index contributed by atoms with van der Waals surface area (Å²) in [6, 6.07) is 35.5. The quantitative estimate of drug-likeness (QED) is 0.226. The van der Waals surface area contributed by atoms with Crippen LogP contribution in [-0.2, 0) is 6.42 Å². The average molecular weight is 568 g/mol. The molecule has 0 N–H and O–H groups in total. The second kappa shape index (κ2) is 14.8. The zero-order valence-corrected chi connectivity index (χ0v) is 25.9. The molecule has 0 fully saturated rings. The van der Waals surface area contributed by atoms with Crippen molar-refractivity contribution < 1.29 is 0 Å². The fourth-order valence-corrected chi connectivity index (χ4v) is 6.49. The van der Waals surface area contributed by atoms with E-state index in [4.69, 9.17) is 0 Å². The molecular weight excluding hydrogens is 527 g/mol. The fourth-order valence-electron chi connectivity index (χ4n) is 5.39. The van der Waals surface area contributed by atoms with Gasteiger partial charge >= 0.3 is 0 Å². The van der Waals surface area contributed by atoms with Crippen molar-refractivity contribution in [2.75, 3.05) is 4.31 Å². The van der Waals surface area contributed by atoms with Crippen LogP contribution in [0.25, 0.3) is 22.3 Å². The Bertz CT molecular complexity index is 1600. The lowest BCUT2D eigenvalue weighted by Gasteiger charge is -2.28. The van der Waals surface area contributed by atoms with Gasteiger partial charge in [-0.2, -0.15) is 0 Å². The second-order valence-electron chi connectivity index (χ2n) is 10.6. The van der Waals surface area contributed by atoms with Crippen LogP contribution >= 0.6 is 11.9 Å². The van der Waals surface area contributed by atoms with Gasteiger partial charge in [0.05, 0.1) is 11.4 Å². The topological polar surface area (TPSA) is 3.24 Å². The number of nitrogens with zero attached hydrogens (tertiary/aromatic N) is 1. The summed E-state index contributed by atoms with van der Waals surface area (Å²) >= 11 is 1.81. The predicted molar refractivity (Wildman–Crippen MR) is 185 cm³/mol. The molecule has 0 aromatic heterocycles. The van der Waals surface area contributed by atoms with Gasteiger partial charge < -0.3 is 0 Å². The number of para-hydroxylation sites is 1. The summed E-state index contributed by atoms with van der Waals surface area (Å²) in [5, 5.41) is 0. The Morgan fingerprint density at radius 2 is 1.40 bits per heavy atom. The largest absolute Gasteiger partial charge is 0.280 e. The molecule has 0 spiro atoms. The van der Waals surface area contributed by atoms with Crippen LogP contribution < -0.4 is 4.31 Å². The van der Waals surface area contributed by atoms with Crippen molar-refractivity contribution in [1.29, 1.82) is 0 Å². The van der Waals surface area contributed by atoms with E-state index in [1.807, 2.05) is 25.8 Å². The Labute approximate surface area is 257 Å². The second-order valence-corrected chi connectivity index (χ2v) is 11.6. The Hall–Kier alpha value is -4.01. The smallest absolute Gasteiger partial charge is 0.0607 e. The summed E-state index contributed by atoms with van der Waals surface area (Å²) in [6.07, 6.45) is 19.0. The van der Waals surface area contributed by atoms with E-state index >= 15 is 0 Å². The van der Waals surface area contributed by atoms with E-state index in [0.717, 1.165) is 19.3 Å². The Kier molecular flexibility index (Phi) is 10.4. The maximum atomic E-state index is 2.41. The minimum atomic E-state index is 1.07. The highest BCUT2D eigenvalue weighted by Crippen LogP contribution is 2.46. The molecule has 0 unspecified atom stereocenters. The van der Waals surface area contributed by atoms with Crippen molar-refractivity contribution in [2.45, 2.75) is 57.8 Å². The zero-order valence-electron chi connectivity index (χ0n) is 25.1. The molecular formula is C40H41NS. The molecule has 2 bridgehead atoms. The summed E-state index contributed by atoms with van der Waals surface area (Å²) in [5.74, 6) is 0. The van der Waals surface area contributed by atoms with E-state index in [-0.39, 0.29) is 0 Å². The highest BCUT2D eigenvalue weighted by Gasteiger charge is 2.20. The third-order valence-corrected chi connectivity index (χ3v) is 8.80. The standard InChI is InChI=1S/C31H25NS.C7H10.C2H6/c1-2-9-23(8-1)16-17-24-10-7-11-27(22-24)32-30-14-5-3-12-28(30)25-18-20-26(21-19-25)29-13-4-6-15-31(29)33-32;1-7-5-3-2-4-6-7;1-2/h1-8,10-15,18-22H,9,16-17H2;2-3,5H,4,6H2,1H3;1-2H3. The molecule has 8 rings (SSSR count). The number of hydrogen-bond acceptors (Lipinski definition) is 2. The van der Waals surface area contributed by atoms with Crippen LogP contribution in [0.4, 0.5) is 11.4 Å². The molecule has 212 valence electrons. The van der Waals surface area contributed by atoms with E-state index in [1.54, 1.807) is 0 Å². The highest BCUT2D eigenvalue weighted by molar-refractivity contribution is 8.01. The van der Waals surface area contributed by atoms with Gasteiger partial charge in [-0.3, -0.25) is 4.31 Å². The van der Waals surface area contributed by atoms with Gasteiger partial charge in [-0.1, -0.05) is 134 Å². The van der Waals surface area contributed by atoms with Gasteiger partial charge in [-0.15, -0.1) is 0 Å². The van der Waals surface area contributed by atoms with Crippen molar-refractivity contribution in [3.63, 3.8) is 0 Å². The maximum absolute atomic E-state index is 2.41. The third kappa shape index (κ3) is 7.24. The number of aryl methyl sites for hydroxylation is 1. The fraction of sp³-hybridized carbons (Fsp3) is 0.200. The minimum Gasteiger partial charge on any atom is -0.280 e. The summed E-state index contributed by atoms with van der Waals surface area (Å²) < 4.78 is 2.41. The molecule has 4 aliphatic rings. The van der Waals surface area contributed by atoms with E-state index in [0.29, 0.717) is 0 Å². The number of fused-ring (bicyclic) bond motifs is 3. The van der Waals surface area contributed by atoms with Gasteiger partial charge in [0.1, 0.15) is 0 Å². The number of anilines is 2. The Morgan fingerprint density at radius 3 is 2.10 bits per heavy atom. The van der Waals surface area contributed by atoms with Crippen molar-refractivity contribution in [2.24, 2.45) is 0 Å². The van der Waals surface area contributed by atoms with Crippen LogP contribution in [0.3, 0.4) is 0 Å². The van der Waals surface area contributed by atoms with Gasteiger partial charge in [-0.05, 0) is 97.5 Å². The number of hydrogen-bond donors (Lipinski definition) is 0. The first-order chi connectivity index (χ1) is 20.7. The maximum Gasteiger partial charge on any atom is 0.0607 e. The van der Waals surface area contributed by atoms with Crippen LogP contribution in [0.1, 0.15) is 52.0 Å². The average Bonchev–Trinajstić information content (AvgIpc) is 3.59. The van der Waals surface area contributed by atoms with Crippen LogP contribution in [0.2, 0.25) is 0 Å². The molecule has 2 heterocycles. The molecule has 4 aromatic carbocycles. The first-order valence-corrected chi connectivity index (χ1v) is 16.0. The summed E-state index contributed by atoms with van der Waals surface area (Å²) in [6.45, 7) is 6.17. The molecule has 2 aliphatic heterocycles. The summed E-state index contributed by atoms with van der Waals surface area (Å²) in [4.78, 5) is 1.26. The first-order valence-electron chi connectivity index (χ1n) is 15.3. The van der Waals surface area contributed by atoms with Crippen LogP contribution in [0.15, 0.2) is 150 Å². The van der Waals surface area contributed by atoms with Gasteiger partial charge in [0, 0.05) is 10.5 Å². The summed E-state index contributed by atoms with van der Waals surface area (Å²) in [5.41, 5.74) is 11.9. The molecule has 1 nitrogen and oxygen atoms in total. The van der Waals surface area contributed by atoms with Gasteiger partial charge in [0.15, 0.2) is 0 Å². The molecule has 0 radical (unpaired) electrons. The number of rotatable bonds is 4. The molecule has 0 atom stereocenters. The molecule has 42 heavy (non-hydrogen) atoms. The van der Waals surface area contributed by atoms with E-state index < -0.39 is 0 Å². The highest BCUT2D eigenvalue weighted by atomic mass is 32.2. The van der Waals surface area contributed by atoms with Gasteiger partial charge in [0.25, 0.3) is 0 Å². The third-order valence-electron chi connectivity index (χ3n) is 7.66. The Balaban J connectivity index is 0.000000341. The monoisotopic (exact) mass is 567 g/mol. The molecule has 0 saturated heterocycles. The number of allylic oxidation sites excluding steroid dienone is 8. The Morgan fingerprint density at radius 1 is 0.690 bits per heavy atom. The summed E-state index contributed by atoms with van der Waals surface area (Å²) in [7, 11) is 0. The van der Waals surface area contributed by atoms with Crippen molar-refractivity contribution >= 4 is 23.3 Å². The van der Waals surface area contributed by atoms with Crippen LogP contribution in [0.5, 0.6) is 0 Å². The zero-order chi connectivity index (χ0) is 29.1. The molecule has 4 aromatic rings. The molecule has 2 heteroatoms. The first kappa shape index (κ1) is 29.5. The van der Waals surface area contributed by atoms with Crippen LogP contribution in [0, 0.1) is 0 Å². The minimum absolute atomic E-state index is 1.07. The molecule has 0 amide bonds. The van der Waals surface area contributed by atoms with E-state index in [1.165, 1.54) is 68.1 Å². The lowest BCUT2D eigenvalue weighted by Crippen LogP contribution is -2.09. The van der Waals surface area contributed by atoms with Crippen molar-refractivity contribution in [3.8, 4) is 22.3 Å². The lowest BCUT2D eigenvalue weighted by atomic mass is 9.99. The lowest BCUT2D eigenvalue weighted by molar-refractivity contribution is 0.919.